The molecule has 0 saturated heterocycles. The quantitative estimate of drug-likeness (QED) is 0.684. The Morgan fingerprint density at radius 2 is 2.30 bits per heavy atom. The second kappa shape index (κ2) is 8.97. The van der Waals surface area contributed by atoms with E-state index in [1.165, 1.54) is 0 Å². The highest BCUT2D eigenvalue weighted by atomic mass is 32.2. The maximum atomic E-state index is 11.7. The Hall–Kier alpha value is -1.08. The van der Waals surface area contributed by atoms with Crippen molar-refractivity contribution in [2.24, 2.45) is 0 Å². The Labute approximate surface area is 127 Å². The summed E-state index contributed by atoms with van der Waals surface area (Å²) in [5.41, 5.74) is 1.05. The zero-order valence-electron chi connectivity index (χ0n) is 11.7. The van der Waals surface area contributed by atoms with Crippen LogP contribution in [-0.4, -0.2) is 33.8 Å². The molecule has 0 spiro atoms. The van der Waals surface area contributed by atoms with Crippen LogP contribution >= 0.6 is 23.1 Å². The normalized spacial score (nSPS) is 12.1. The molecule has 1 atom stereocenters. The van der Waals surface area contributed by atoms with Crippen LogP contribution in [0.4, 0.5) is 0 Å². The first-order chi connectivity index (χ1) is 9.51. The standard InChI is InChI=1S/C13H20N2O3S2/c1-3-10(6-13(17)18)15-12(16)4-5-19-7-11-8-20-9(2)14-11/h8,10H,3-7H2,1-2H3,(H,15,16)(H,17,18). The first-order valence-corrected chi connectivity index (χ1v) is 8.54. The molecule has 0 aliphatic carbocycles. The Balaban J connectivity index is 2.17. The summed E-state index contributed by atoms with van der Waals surface area (Å²) in [6, 6.07) is -0.272. The van der Waals surface area contributed by atoms with Crippen molar-refractivity contribution in [3.63, 3.8) is 0 Å². The van der Waals surface area contributed by atoms with Gasteiger partial charge in [0.15, 0.2) is 0 Å². The van der Waals surface area contributed by atoms with Crippen molar-refractivity contribution >= 4 is 35.0 Å². The highest BCUT2D eigenvalue weighted by molar-refractivity contribution is 7.98. The Kier molecular flexibility index (Phi) is 7.61. The van der Waals surface area contributed by atoms with Gasteiger partial charge in [0.25, 0.3) is 0 Å². The third-order valence-electron chi connectivity index (χ3n) is 2.67. The van der Waals surface area contributed by atoms with Crippen LogP contribution < -0.4 is 5.32 Å². The molecule has 2 N–H and O–H groups in total. The topological polar surface area (TPSA) is 79.3 Å². The number of carbonyl (C=O) groups is 2. The van der Waals surface area contributed by atoms with E-state index in [0.717, 1.165) is 16.5 Å². The molecule has 0 aliphatic rings. The summed E-state index contributed by atoms with van der Waals surface area (Å²) < 4.78 is 0. The molecule has 0 aliphatic heterocycles. The van der Waals surface area contributed by atoms with Gasteiger partial charge in [0.05, 0.1) is 17.1 Å². The minimum atomic E-state index is -0.884. The second-order valence-corrected chi connectivity index (χ2v) is 6.60. The highest BCUT2D eigenvalue weighted by Gasteiger charge is 2.13. The highest BCUT2D eigenvalue weighted by Crippen LogP contribution is 2.15. The van der Waals surface area contributed by atoms with Crippen LogP contribution in [-0.2, 0) is 15.3 Å². The average Bonchev–Trinajstić information content (AvgIpc) is 2.79. The molecular weight excluding hydrogens is 296 g/mol. The van der Waals surface area contributed by atoms with Crippen LogP contribution in [0.15, 0.2) is 5.38 Å². The van der Waals surface area contributed by atoms with E-state index in [-0.39, 0.29) is 18.4 Å². The average molecular weight is 316 g/mol. The number of carboxylic acid groups (broad SMARTS) is 1. The molecule has 1 heterocycles. The number of hydrogen-bond donors (Lipinski definition) is 2. The summed E-state index contributed by atoms with van der Waals surface area (Å²) >= 11 is 3.29. The molecule has 0 bridgehead atoms. The Morgan fingerprint density at radius 3 is 2.85 bits per heavy atom. The first kappa shape index (κ1) is 17.0. The van der Waals surface area contributed by atoms with Crippen LogP contribution in [0.3, 0.4) is 0 Å². The fraction of sp³-hybridized carbons (Fsp3) is 0.615. The third-order valence-corrected chi connectivity index (χ3v) is 4.48. The molecule has 112 valence electrons. The monoisotopic (exact) mass is 316 g/mol. The minimum Gasteiger partial charge on any atom is -0.481 e. The molecule has 7 heteroatoms. The zero-order chi connectivity index (χ0) is 15.0. The number of aliphatic carboxylic acids is 1. The molecule has 1 rings (SSSR count). The van der Waals surface area contributed by atoms with Crippen LogP contribution in [0.25, 0.3) is 0 Å². The molecule has 20 heavy (non-hydrogen) atoms. The zero-order valence-corrected chi connectivity index (χ0v) is 13.4. The van der Waals surface area contributed by atoms with Gasteiger partial charge in [-0.1, -0.05) is 6.92 Å². The van der Waals surface area contributed by atoms with Gasteiger partial charge >= 0.3 is 5.97 Å². The summed E-state index contributed by atoms with van der Waals surface area (Å²) in [6.07, 6.45) is 1.01. The second-order valence-electron chi connectivity index (χ2n) is 4.43. The molecule has 5 nitrogen and oxygen atoms in total. The Morgan fingerprint density at radius 1 is 1.55 bits per heavy atom. The van der Waals surface area contributed by atoms with Gasteiger partial charge in [-0.3, -0.25) is 9.59 Å². The lowest BCUT2D eigenvalue weighted by Crippen LogP contribution is -2.36. The number of rotatable bonds is 9. The predicted octanol–water partition coefficient (Wildman–Crippen LogP) is 2.44. The largest absolute Gasteiger partial charge is 0.481 e. The van der Waals surface area contributed by atoms with E-state index >= 15 is 0 Å². The van der Waals surface area contributed by atoms with Gasteiger partial charge in [-0.2, -0.15) is 11.8 Å². The van der Waals surface area contributed by atoms with Gasteiger partial charge in [0.1, 0.15) is 0 Å². The van der Waals surface area contributed by atoms with E-state index in [0.29, 0.717) is 18.6 Å². The van der Waals surface area contributed by atoms with Crippen molar-refractivity contribution < 1.29 is 14.7 Å². The van der Waals surface area contributed by atoms with Crippen molar-refractivity contribution in [3.8, 4) is 0 Å². The van der Waals surface area contributed by atoms with Crippen molar-refractivity contribution in [1.82, 2.24) is 10.3 Å². The smallest absolute Gasteiger partial charge is 0.305 e. The lowest BCUT2D eigenvalue weighted by atomic mass is 10.1. The van der Waals surface area contributed by atoms with E-state index in [1.54, 1.807) is 23.1 Å². The van der Waals surface area contributed by atoms with E-state index in [9.17, 15) is 9.59 Å². The number of nitrogens with one attached hydrogen (secondary N) is 1. The van der Waals surface area contributed by atoms with Crippen molar-refractivity contribution in [2.45, 2.75) is 44.9 Å². The van der Waals surface area contributed by atoms with Crippen LogP contribution in [0.5, 0.6) is 0 Å². The molecule has 0 fully saturated rings. The molecule has 1 unspecified atom stereocenters. The van der Waals surface area contributed by atoms with E-state index < -0.39 is 5.97 Å². The lowest BCUT2D eigenvalue weighted by molar-refractivity contribution is -0.137. The van der Waals surface area contributed by atoms with E-state index in [1.807, 2.05) is 19.2 Å². The van der Waals surface area contributed by atoms with Crippen molar-refractivity contribution in [2.75, 3.05) is 5.75 Å². The van der Waals surface area contributed by atoms with E-state index in [4.69, 9.17) is 5.11 Å². The molecule has 1 aromatic rings. The first-order valence-electron chi connectivity index (χ1n) is 6.51. The van der Waals surface area contributed by atoms with Gasteiger partial charge in [0.2, 0.25) is 5.91 Å². The summed E-state index contributed by atoms with van der Waals surface area (Å²) in [4.78, 5) is 26.6. The summed E-state index contributed by atoms with van der Waals surface area (Å²) in [5, 5.41) is 14.5. The predicted molar refractivity (Wildman–Crippen MR) is 82.1 cm³/mol. The number of carboxylic acids is 1. The Bertz CT molecular complexity index is 449. The number of nitrogens with zero attached hydrogens (tertiary/aromatic N) is 1. The van der Waals surface area contributed by atoms with Gasteiger partial charge < -0.3 is 10.4 Å². The van der Waals surface area contributed by atoms with Gasteiger partial charge in [-0.15, -0.1) is 11.3 Å². The van der Waals surface area contributed by atoms with Gasteiger partial charge in [-0.05, 0) is 13.3 Å². The third kappa shape index (κ3) is 6.91. The lowest BCUT2D eigenvalue weighted by Gasteiger charge is -2.14. The molecule has 1 amide bonds. The SMILES string of the molecule is CCC(CC(=O)O)NC(=O)CCSCc1csc(C)n1. The molecule has 0 saturated carbocycles. The van der Waals surface area contributed by atoms with Crippen LogP contribution in [0.2, 0.25) is 0 Å². The van der Waals surface area contributed by atoms with Crippen molar-refractivity contribution in [1.29, 1.82) is 0 Å². The number of thioether (sulfide) groups is 1. The van der Waals surface area contributed by atoms with Crippen molar-refractivity contribution in [3.05, 3.63) is 16.1 Å². The maximum Gasteiger partial charge on any atom is 0.305 e. The molecular formula is C13H20N2O3S2. The molecule has 1 aromatic heterocycles. The summed E-state index contributed by atoms with van der Waals surface area (Å²) in [5.74, 6) is 0.557. The molecule has 0 aromatic carbocycles. The van der Waals surface area contributed by atoms with Gasteiger partial charge in [0, 0.05) is 29.3 Å². The number of aryl methyl sites for hydroxylation is 1. The number of amides is 1. The van der Waals surface area contributed by atoms with Crippen LogP contribution in [0.1, 0.15) is 36.9 Å². The minimum absolute atomic E-state index is 0.0204. The fourth-order valence-corrected chi connectivity index (χ4v) is 3.17. The summed E-state index contributed by atoms with van der Waals surface area (Å²) in [7, 11) is 0. The maximum absolute atomic E-state index is 11.7. The van der Waals surface area contributed by atoms with Gasteiger partial charge in [-0.25, -0.2) is 4.98 Å². The summed E-state index contributed by atoms with van der Waals surface area (Å²) in [6.45, 7) is 3.84. The number of carbonyl (C=O) groups excluding carboxylic acids is 1. The van der Waals surface area contributed by atoms with E-state index in [2.05, 4.69) is 10.3 Å². The fourth-order valence-electron chi connectivity index (χ4n) is 1.62. The number of hydrogen-bond acceptors (Lipinski definition) is 5. The molecule has 0 radical (unpaired) electrons. The number of thiazole rings is 1. The van der Waals surface area contributed by atoms with Crippen LogP contribution in [0, 0.1) is 6.92 Å². The number of aromatic nitrogens is 1.